The monoisotopic (exact) mass is 573 g/mol. The normalized spacial score (nSPS) is 12.0. The number of ether oxygens (including phenoxy) is 1. The molecule has 0 radical (unpaired) electrons. The Kier molecular flexibility index (Phi) is 7.96. The maximum atomic E-state index is 13.6. The molecule has 2 amide bonds. The highest BCUT2D eigenvalue weighted by molar-refractivity contribution is 6.14. The highest BCUT2D eigenvalue weighted by Crippen LogP contribution is 2.30. The summed E-state index contributed by atoms with van der Waals surface area (Å²) in [6.45, 7) is -0.0520. The van der Waals surface area contributed by atoms with Gasteiger partial charge in [0, 0.05) is 11.1 Å². The molecular weight excluding hydrogens is 551 g/mol. The van der Waals surface area contributed by atoms with Gasteiger partial charge in [0.05, 0.1) is 16.8 Å². The molecule has 0 aliphatic rings. The molecule has 1 unspecified atom stereocenters. The Balaban J connectivity index is 1.40. The molecule has 1 aromatic heterocycles. The Morgan fingerprint density at radius 2 is 1.50 bits per heavy atom. The van der Waals surface area contributed by atoms with Crippen molar-refractivity contribution in [1.82, 2.24) is 20.3 Å². The van der Waals surface area contributed by atoms with E-state index in [-0.39, 0.29) is 23.4 Å². The van der Waals surface area contributed by atoms with Crippen LogP contribution in [0.25, 0.3) is 11.0 Å². The van der Waals surface area contributed by atoms with Crippen LogP contribution in [0.4, 0.5) is 23.7 Å². The quantitative estimate of drug-likeness (QED) is 0.229. The molecule has 12 heteroatoms. The molecule has 0 bridgehead atoms. The molecule has 0 aliphatic carbocycles. The third kappa shape index (κ3) is 6.28. The topological polar surface area (TPSA) is 115 Å². The van der Waals surface area contributed by atoms with Crippen LogP contribution in [0, 0.1) is 0 Å². The Morgan fingerprint density at radius 1 is 0.833 bits per heavy atom. The molecule has 0 saturated heterocycles. The van der Waals surface area contributed by atoms with E-state index in [1.165, 1.54) is 16.8 Å². The van der Waals surface area contributed by atoms with Gasteiger partial charge in [0.1, 0.15) is 12.1 Å². The molecule has 4 aromatic carbocycles. The lowest BCUT2D eigenvalue weighted by Gasteiger charge is -2.20. The summed E-state index contributed by atoms with van der Waals surface area (Å²) in [7, 11) is 0. The van der Waals surface area contributed by atoms with Crippen molar-refractivity contribution in [2.45, 2.75) is 18.9 Å². The number of aromatic nitrogens is 3. The zero-order valence-electron chi connectivity index (χ0n) is 21.7. The van der Waals surface area contributed by atoms with Crippen LogP contribution in [-0.2, 0) is 22.3 Å². The Hall–Kier alpha value is -5.52. The number of ketones is 1. The molecule has 1 atom stereocenters. The number of fused-ring (bicyclic) bond motifs is 1. The second kappa shape index (κ2) is 11.9. The van der Waals surface area contributed by atoms with Crippen molar-refractivity contribution in [3.63, 3.8) is 0 Å². The van der Waals surface area contributed by atoms with Crippen molar-refractivity contribution in [3.8, 4) is 0 Å². The fourth-order valence-electron chi connectivity index (χ4n) is 4.15. The third-order valence-corrected chi connectivity index (χ3v) is 6.24. The number of amides is 2. The van der Waals surface area contributed by atoms with Gasteiger partial charge >= 0.3 is 12.3 Å². The number of para-hydroxylation sites is 2. The van der Waals surface area contributed by atoms with Crippen molar-refractivity contribution < 1.29 is 32.3 Å². The first-order chi connectivity index (χ1) is 20.2. The number of carbonyl (C=O) groups excluding carboxylic acids is 3. The number of nitrogens with zero attached hydrogens (tertiary/aromatic N) is 3. The SMILES string of the molecule is O=C(NC(C(=O)Nc1ccccc1C(=O)c1ccc(C(F)(F)F)cc1)n1nnc2ccccc21)OCc1ccccc1. The van der Waals surface area contributed by atoms with Gasteiger partial charge in [0.15, 0.2) is 5.78 Å². The summed E-state index contributed by atoms with van der Waals surface area (Å²) in [6, 6.07) is 25.5. The molecular formula is C30H22F3N5O4. The number of hydrogen-bond donors (Lipinski definition) is 2. The zero-order valence-corrected chi connectivity index (χ0v) is 21.7. The first-order valence-corrected chi connectivity index (χ1v) is 12.6. The lowest BCUT2D eigenvalue weighted by Crippen LogP contribution is -2.41. The molecule has 212 valence electrons. The number of anilines is 1. The van der Waals surface area contributed by atoms with Gasteiger partial charge in [0.2, 0.25) is 6.17 Å². The molecule has 9 nitrogen and oxygen atoms in total. The molecule has 0 saturated carbocycles. The van der Waals surface area contributed by atoms with Gasteiger partial charge in [0.25, 0.3) is 5.91 Å². The highest BCUT2D eigenvalue weighted by atomic mass is 19.4. The van der Waals surface area contributed by atoms with Gasteiger partial charge in [-0.2, -0.15) is 13.2 Å². The molecule has 0 spiro atoms. The largest absolute Gasteiger partial charge is 0.445 e. The first kappa shape index (κ1) is 28.0. The lowest BCUT2D eigenvalue weighted by molar-refractivity contribution is -0.137. The molecule has 1 heterocycles. The second-order valence-electron chi connectivity index (χ2n) is 9.07. The Morgan fingerprint density at radius 3 is 2.24 bits per heavy atom. The van der Waals surface area contributed by atoms with Gasteiger partial charge in [-0.05, 0) is 42.0 Å². The van der Waals surface area contributed by atoms with E-state index in [0.29, 0.717) is 11.0 Å². The summed E-state index contributed by atoms with van der Waals surface area (Å²) in [4.78, 5) is 39.6. The fraction of sp³-hybridized carbons (Fsp3) is 0.100. The third-order valence-electron chi connectivity index (χ3n) is 6.24. The molecule has 5 rings (SSSR count). The molecule has 0 aliphatic heterocycles. The van der Waals surface area contributed by atoms with Gasteiger partial charge in [-0.3, -0.25) is 14.9 Å². The molecule has 42 heavy (non-hydrogen) atoms. The Bertz CT molecular complexity index is 1740. The van der Waals surface area contributed by atoms with Crippen LogP contribution in [0.5, 0.6) is 0 Å². The van der Waals surface area contributed by atoms with Crippen molar-refractivity contribution >= 4 is 34.5 Å². The second-order valence-corrected chi connectivity index (χ2v) is 9.07. The van der Waals surface area contributed by atoms with Gasteiger partial charge in [-0.25, -0.2) is 9.48 Å². The number of alkyl halides is 3. The first-order valence-electron chi connectivity index (χ1n) is 12.6. The molecule has 2 N–H and O–H groups in total. The zero-order chi connectivity index (χ0) is 29.7. The van der Waals surface area contributed by atoms with E-state index in [4.69, 9.17) is 4.74 Å². The van der Waals surface area contributed by atoms with Gasteiger partial charge in [-0.15, -0.1) is 5.10 Å². The van der Waals surface area contributed by atoms with E-state index < -0.39 is 35.7 Å². The van der Waals surface area contributed by atoms with Crippen molar-refractivity contribution in [2.24, 2.45) is 0 Å². The summed E-state index contributed by atoms with van der Waals surface area (Å²) in [5.74, 6) is -1.40. The minimum atomic E-state index is -4.55. The highest BCUT2D eigenvalue weighted by Gasteiger charge is 2.31. The number of nitrogens with one attached hydrogen (secondary N) is 2. The summed E-state index contributed by atoms with van der Waals surface area (Å²) in [5.41, 5.74) is 0.832. The van der Waals surface area contributed by atoms with Crippen molar-refractivity contribution in [1.29, 1.82) is 0 Å². The standard InChI is InChI=1S/C30H22F3N5O4/c31-30(32,33)21-16-14-20(15-17-21)26(39)22-10-4-5-11-23(22)34-28(40)27(38-25-13-7-6-12-24(25)36-37-38)35-29(41)42-18-19-8-2-1-3-9-19/h1-17,27H,18H2,(H,34,40)(H,35,41). The van der Waals surface area contributed by atoms with Crippen LogP contribution in [0.15, 0.2) is 103 Å². The van der Waals surface area contributed by atoms with Crippen LogP contribution < -0.4 is 10.6 Å². The van der Waals surface area contributed by atoms with Crippen LogP contribution in [0.1, 0.15) is 33.2 Å². The van der Waals surface area contributed by atoms with Crippen LogP contribution >= 0.6 is 0 Å². The Labute approximate surface area is 236 Å². The minimum absolute atomic E-state index is 0.00821. The lowest BCUT2D eigenvalue weighted by atomic mass is 10.0. The molecule has 5 aromatic rings. The smallest absolute Gasteiger partial charge is 0.416 e. The predicted molar refractivity (Wildman–Crippen MR) is 146 cm³/mol. The van der Waals surface area contributed by atoms with E-state index in [0.717, 1.165) is 29.8 Å². The average molecular weight is 574 g/mol. The maximum Gasteiger partial charge on any atom is 0.416 e. The summed E-state index contributed by atoms with van der Waals surface area (Å²) >= 11 is 0. The fourth-order valence-corrected chi connectivity index (χ4v) is 4.15. The van der Waals surface area contributed by atoms with E-state index in [2.05, 4.69) is 20.9 Å². The maximum absolute atomic E-state index is 13.6. The predicted octanol–water partition coefficient (Wildman–Crippen LogP) is 5.74. The van der Waals surface area contributed by atoms with Gasteiger partial charge in [-0.1, -0.05) is 71.9 Å². The summed E-state index contributed by atoms with van der Waals surface area (Å²) < 4.78 is 45.4. The van der Waals surface area contributed by atoms with Crippen LogP contribution in [-0.4, -0.2) is 32.8 Å². The van der Waals surface area contributed by atoms with Gasteiger partial charge < -0.3 is 10.1 Å². The van der Waals surface area contributed by atoms with Crippen molar-refractivity contribution in [2.75, 3.05) is 5.32 Å². The molecule has 0 fully saturated rings. The number of halogens is 3. The number of rotatable bonds is 8. The van der Waals surface area contributed by atoms with E-state index in [9.17, 15) is 27.6 Å². The summed E-state index contributed by atoms with van der Waals surface area (Å²) in [5, 5.41) is 13.2. The minimum Gasteiger partial charge on any atom is -0.445 e. The summed E-state index contributed by atoms with van der Waals surface area (Å²) in [6.07, 6.45) is -6.91. The van der Waals surface area contributed by atoms with E-state index >= 15 is 0 Å². The number of hydrogen-bond acceptors (Lipinski definition) is 6. The van der Waals surface area contributed by atoms with E-state index in [1.54, 1.807) is 60.7 Å². The number of benzene rings is 4. The number of alkyl carbamates (subject to hydrolysis) is 1. The van der Waals surface area contributed by atoms with Crippen LogP contribution in [0.2, 0.25) is 0 Å². The van der Waals surface area contributed by atoms with Crippen LogP contribution in [0.3, 0.4) is 0 Å². The van der Waals surface area contributed by atoms with E-state index in [1.807, 2.05) is 6.07 Å². The number of carbonyl (C=O) groups is 3. The average Bonchev–Trinajstić information content (AvgIpc) is 3.43. The van der Waals surface area contributed by atoms with Crippen molar-refractivity contribution in [3.05, 3.63) is 125 Å².